The fourth-order valence-electron chi connectivity index (χ4n) is 4.01. The molecule has 1 aromatic heterocycles. The molecule has 0 radical (unpaired) electrons. The molecule has 0 saturated carbocycles. The van der Waals surface area contributed by atoms with Crippen LogP contribution in [0.1, 0.15) is 12.5 Å². The summed E-state index contributed by atoms with van der Waals surface area (Å²) < 4.78 is 5.49. The zero-order valence-electron chi connectivity index (χ0n) is 17.8. The van der Waals surface area contributed by atoms with Gasteiger partial charge < -0.3 is 24.8 Å². The summed E-state index contributed by atoms with van der Waals surface area (Å²) in [6.07, 6.45) is 1.87. The number of aliphatic imine (C=N–C) groups is 1. The molecule has 2 aromatic rings. The molecule has 7 nitrogen and oxygen atoms in total. The highest BCUT2D eigenvalue weighted by Crippen LogP contribution is 2.20. The molecule has 0 unspecified atom stereocenters. The molecule has 3 heterocycles. The van der Waals surface area contributed by atoms with Gasteiger partial charge in [-0.3, -0.25) is 0 Å². The van der Waals surface area contributed by atoms with Gasteiger partial charge >= 0.3 is 0 Å². The summed E-state index contributed by atoms with van der Waals surface area (Å²) in [6, 6.07) is 14.8. The summed E-state index contributed by atoms with van der Waals surface area (Å²) in [5.74, 6) is 2.02. The van der Waals surface area contributed by atoms with Crippen molar-refractivity contribution in [2.24, 2.45) is 4.99 Å². The summed E-state index contributed by atoms with van der Waals surface area (Å²) in [4.78, 5) is 16.7. The Morgan fingerprint density at radius 2 is 1.73 bits per heavy atom. The largest absolute Gasteiger partial charge is 0.378 e. The molecular formula is C23H32N6O. The average molecular weight is 409 g/mol. The van der Waals surface area contributed by atoms with Crippen molar-refractivity contribution in [3.63, 3.8) is 0 Å². The van der Waals surface area contributed by atoms with E-state index >= 15 is 0 Å². The van der Waals surface area contributed by atoms with E-state index in [2.05, 4.69) is 68.3 Å². The second-order valence-electron chi connectivity index (χ2n) is 7.57. The topological polar surface area (TPSA) is 56.2 Å². The van der Waals surface area contributed by atoms with Crippen LogP contribution in [0.15, 0.2) is 53.7 Å². The van der Waals surface area contributed by atoms with Gasteiger partial charge in [0.05, 0.1) is 19.8 Å². The first-order chi connectivity index (χ1) is 14.8. The molecule has 0 atom stereocenters. The molecule has 0 amide bonds. The van der Waals surface area contributed by atoms with Crippen molar-refractivity contribution >= 4 is 17.5 Å². The highest BCUT2D eigenvalue weighted by Gasteiger charge is 2.20. The van der Waals surface area contributed by atoms with Crippen LogP contribution >= 0.6 is 0 Å². The van der Waals surface area contributed by atoms with E-state index < -0.39 is 0 Å². The number of nitrogens with zero attached hydrogens (tertiary/aromatic N) is 5. The number of morpholine rings is 1. The van der Waals surface area contributed by atoms with Gasteiger partial charge in [-0.05, 0) is 25.1 Å². The number of benzene rings is 1. The smallest absolute Gasteiger partial charge is 0.194 e. The van der Waals surface area contributed by atoms with Crippen LogP contribution in [0.5, 0.6) is 0 Å². The Morgan fingerprint density at radius 1 is 0.967 bits per heavy atom. The number of hydrogen-bond acceptors (Lipinski definition) is 5. The first-order valence-corrected chi connectivity index (χ1v) is 10.9. The van der Waals surface area contributed by atoms with Crippen LogP contribution in [-0.2, 0) is 11.3 Å². The molecule has 2 aliphatic rings. The first kappa shape index (κ1) is 20.5. The number of aromatic nitrogens is 1. The number of ether oxygens (including phenoxy) is 1. The quantitative estimate of drug-likeness (QED) is 0.605. The Kier molecular flexibility index (Phi) is 7.03. The van der Waals surface area contributed by atoms with E-state index in [0.29, 0.717) is 6.54 Å². The lowest BCUT2D eigenvalue weighted by Crippen LogP contribution is -2.52. The third kappa shape index (κ3) is 5.02. The summed E-state index contributed by atoms with van der Waals surface area (Å²) in [7, 11) is 0. The van der Waals surface area contributed by atoms with Crippen molar-refractivity contribution in [2.45, 2.75) is 13.5 Å². The monoisotopic (exact) mass is 408 g/mol. The van der Waals surface area contributed by atoms with E-state index in [1.54, 1.807) is 0 Å². The number of rotatable bonds is 5. The van der Waals surface area contributed by atoms with Crippen LogP contribution in [0.4, 0.5) is 11.5 Å². The lowest BCUT2D eigenvalue weighted by atomic mass is 10.2. The van der Waals surface area contributed by atoms with Crippen molar-refractivity contribution in [1.29, 1.82) is 0 Å². The van der Waals surface area contributed by atoms with Gasteiger partial charge in [0.1, 0.15) is 5.82 Å². The molecule has 2 saturated heterocycles. The molecule has 2 aliphatic heterocycles. The highest BCUT2D eigenvalue weighted by atomic mass is 16.5. The van der Waals surface area contributed by atoms with Crippen LogP contribution in [0.25, 0.3) is 0 Å². The second-order valence-corrected chi connectivity index (χ2v) is 7.57. The maximum atomic E-state index is 5.49. The predicted molar refractivity (Wildman–Crippen MR) is 122 cm³/mol. The number of para-hydroxylation sites is 1. The molecular weight excluding hydrogens is 376 g/mol. The number of guanidine groups is 1. The average Bonchev–Trinajstić information content (AvgIpc) is 2.83. The van der Waals surface area contributed by atoms with Crippen LogP contribution < -0.4 is 15.1 Å². The van der Waals surface area contributed by atoms with Crippen LogP contribution in [0.3, 0.4) is 0 Å². The number of piperazine rings is 1. The molecule has 4 rings (SSSR count). The van der Waals surface area contributed by atoms with Gasteiger partial charge in [0, 0.05) is 63.3 Å². The summed E-state index contributed by atoms with van der Waals surface area (Å²) >= 11 is 0. The Hall–Kier alpha value is -2.80. The van der Waals surface area contributed by atoms with Gasteiger partial charge in [-0.25, -0.2) is 9.98 Å². The normalized spacial score (nSPS) is 17.9. The number of anilines is 2. The zero-order valence-corrected chi connectivity index (χ0v) is 17.8. The van der Waals surface area contributed by atoms with Crippen LogP contribution in [0, 0.1) is 0 Å². The number of pyridine rings is 1. The first-order valence-electron chi connectivity index (χ1n) is 10.9. The summed E-state index contributed by atoms with van der Waals surface area (Å²) in [5, 5.41) is 3.48. The van der Waals surface area contributed by atoms with E-state index in [4.69, 9.17) is 9.73 Å². The third-order valence-electron chi connectivity index (χ3n) is 5.61. The fourth-order valence-corrected chi connectivity index (χ4v) is 4.01. The zero-order chi connectivity index (χ0) is 20.6. The van der Waals surface area contributed by atoms with E-state index in [1.165, 1.54) is 5.69 Å². The van der Waals surface area contributed by atoms with E-state index in [-0.39, 0.29) is 0 Å². The lowest BCUT2D eigenvalue weighted by molar-refractivity contribution is 0.122. The van der Waals surface area contributed by atoms with Gasteiger partial charge in [-0.15, -0.1) is 0 Å². The van der Waals surface area contributed by atoms with Crippen molar-refractivity contribution in [1.82, 2.24) is 15.2 Å². The molecule has 2 fully saturated rings. The van der Waals surface area contributed by atoms with Gasteiger partial charge in [0.15, 0.2) is 5.96 Å². The van der Waals surface area contributed by atoms with E-state index in [0.717, 1.165) is 76.4 Å². The summed E-state index contributed by atoms with van der Waals surface area (Å²) in [5.41, 5.74) is 2.46. The maximum absolute atomic E-state index is 5.49. The minimum atomic E-state index is 0.627. The maximum Gasteiger partial charge on any atom is 0.194 e. The Bertz CT molecular complexity index is 813. The molecule has 0 spiro atoms. The lowest BCUT2D eigenvalue weighted by Gasteiger charge is -2.37. The molecule has 0 bridgehead atoms. The van der Waals surface area contributed by atoms with E-state index in [9.17, 15) is 0 Å². The second kappa shape index (κ2) is 10.3. The van der Waals surface area contributed by atoms with Gasteiger partial charge in [-0.2, -0.15) is 0 Å². The summed E-state index contributed by atoms with van der Waals surface area (Å²) in [6.45, 7) is 10.8. The van der Waals surface area contributed by atoms with Crippen LogP contribution in [0.2, 0.25) is 0 Å². The third-order valence-corrected chi connectivity index (χ3v) is 5.61. The van der Waals surface area contributed by atoms with E-state index in [1.807, 2.05) is 12.3 Å². The predicted octanol–water partition coefficient (Wildman–Crippen LogP) is 2.21. The molecule has 7 heteroatoms. The highest BCUT2D eigenvalue weighted by molar-refractivity contribution is 5.80. The number of nitrogens with one attached hydrogen (secondary N) is 1. The van der Waals surface area contributed by atoms with Crippen LogP contribution in [-0.4, -0.2) is 74.9 Å². The SMILES string of the molecule is CCNC(=NCc1cccnc1N1CCOCC1)N1CCN(c2ccccc2)CC1. The molecule has 160 valence electrons. The minimum Gasteiger partial charge on any atom is -0.378 e. The van der Waals surface area contributed by atoms with Crippen molar-refractivity contribution in [2.75, 3.05) is 68.8 Å². The Labute approximate surface area is 179 Å². The van der Waals surface area contributed by atoms with Crippen molar-refractivity contribution < 1.29 is 4.74 Å². The van der Waals surface area contributed by atoms with Crippen molar-refractivity contribution in [3.05, 3.63) is 54.2 Å². The van der Waals surface area contributed by atoms with Gasteiger partial charge in [0.25, 0.3) is 0 Å². The standard InChI is InChI=1S/C23H32N6O/c1-2-24-23(29-13-11-27(12-14-29)21-8-4-3-5-9-21)26-19-20-7-6-10-25-22(20)28-15-17-30-18-16-28/h3-10H,2,11-19H2,1H3,(H,24,26). The Balaban J connectivity index is 1.42. The Morgan fingerprint density at radius 3 is 2.47 bits per heavy atom. The fraction of sp³-hybridized carbons (Fsp3) is 0.478. The van der Waals surface area contributed by atoms with Gasteiger partial charge in [0.2, 0.25) is 0 Å². The molecule has 30 heavy (non-hydrogen) atoms. The number of hydrogen-bond donors (Lipinski definition) is 1. The van der Waals surface area contributed by atoms with Crippen molar-refractivity contribution in [3.8, 4) is 0 Å². The minimum absolute atomic E-state index is 0.627. The molecule has 0 aliphatic carbocycles. The molecule has 1 aromatic carbocycles. The van der Waals surface area contributed by atoms with Gasteiger partial charge in [-0.1, -0.05) is 24.3 Å². The molecule has 1 N–H and O–H groups in total.